The van der Waals surface area contributed by atoms with Gasteiger partial charge in [-0.3, -0.25) is 4.90 Å². The first kappa shape index (κ1) is 13.7. The van der Waals surface area contributed by atoms with Crippen LogP contribution in [0.1, 0.15) is 12.8 Å². The molecule has 3 rings (SSSR count). The molecule has 1 fully saturated rings. The average molecular weight is 306 g/mol. The second-order valence-electron chi connectivity index (χ2n) is 5.02. The predicted octanol–water partition coefficient (Wildman–Crippen LogP) is 3.46. The zero-order valence-electron chi connectivity index (χ0n) is 11.1. The molecule has 1 aromatic heterocycles. The molecule has 0 saturated carbocycles. The Hall–Kier alpha value is -1.28. The number of hydrogen-bond donors (Lipinski definition) is 1. The first-order valence-corrected chi connectivity index (χ1v) is 7.97. The van der Waals surface area contributed by atoms with Crippen LogP contribution in [0.5, 0.6) is 0 Å². The van der Waals surface area contributed by atoms with E-state index in [1.165, 1.54) is 4.70 Å². The third kappa shape index (κ3) is 2.76. The minimum absolute atomic E-state index is 0.439. The SMILES string of the molecule is C#CCN1CCC(Nc2c(Cl)ccc3scnc23)CC1. The van der Waals surface area contributed by atoms with E-state index in [0.717, 1.165) is 48.7 Å². The van der Waals surface area contributed by atoms with Crippen LogP contribution in [-0.4, -0.2) is 35.6 Å². The van der Waals surface area contributed by atoms with Gasteiger partial charge in [-0.2, -0.15) is 0 Å². The van der Waals surface area contributed by atoms with E-state index in [-0.39, 0.29) is 0 Å². The maximum absolute atomic E-state index is 6.32. The molecule has 2 heterocycles. The molecular formula is C15H16ClN3S. The van der Waals surface area contributed by atoms with E-state index in [9.17, 15) is 0 Å². The Morgan fingerprint density at radius 3 is 3.00 bits per heavy atom. The number of halogens is 1. The van der Waals surface area contributed by atoms with Crippen molar-refractivity contribution in [2.75, 3.05) is 25.0 Å². The Labute approximate surface area is 127 Å². The molecular weight excluding hydrogens is 290 g/mol. The zero-order valence-corrected chi connectivity index (χ0v) is 12.7. The highest BCUT2D eigenvalue weighted by molar-refractivity contribution is 7.16. The standard InChI is InChI=1S/C15H16ClN3S/c1-2-7-19-8-5-11(6-9-19)18-14-12(16)3-4-13-15(14)17-10-20-13/h1,3-4,10-11,18H,5-9H2. The molecule has 1 aliphatic heterocycles. The maximum atomic E-state index is 6.32. The van der Waals surface area contributed by atoms with Gasteiger partial charge in [0.2, 0.25) is 0 Å². The molecule has 1 aliphatic rings. The summed E-state index contributed by atoms with van der Waals surface area (Å²) < 4.78 is 1.17. The van der Waals surface area contributed by atoms with E-state index < -0.39 is 0 Å². The van der Waals surface area contributed by atoms with Gasteiger partial charge in [-0.1, -0.05) is 17.5 Å². The van der Waals surface area contributed by atoms with Gasteiger partial charge in [-0.05, 0) is 25.0 Å². The van der Waals surface area contributed by atoms with Gasteiger partial charge < -0.3 is 5.32 Å². The smallest absolute Gasteiger partial charge is 0.106 e. The number of hydrogen-bond acceptors (Lipinski definition) is 4. The summed E-state index contributed by atoms with van der Waals surface area (Å²) in [5, 5.41) is 4.32. The first-order chi connectivity index (χ1) is 9.78. The van der Waals surface area contributed by atoms with Crippen molar-refractivity contribution in [2.24, 2.45) is 0 Å². The molecule has 5 heteroatoms. The van der Waals surface area contributed by atoms with Crippen molar-refractivity contribution in [2.45, 2.75) is 18.9 Å². The molecule has 1 saturated heterocycles. The van der Waals surface area contributed by atoms with E-state index >= 15 is 0 Å². The fourth-order valence-corrected chi connectivity index (χ4v) is 3.50. The van der Waals surface area contributed by atoms with E-state index in [2.05, 4.69) is 21.1 Å². The van der Waals surface area contributed by atoms with Crippen LogP contribution in [-0.2, 0) is 0 Å². The van der Waals surface area contributed by atoms with Gasteiger partial charge in [-0.15, -0.1) is 17.8 Å². The lowest BCUT2D eigenvalue weighted by Gasteiger charge is -2.31. The molecule has 3 nitrogen and oxygen atoms in total. The minimum atomic E-state index is 0.439. The molecule has 0 radical (unpaired) electrons. The Bertz CT molecular complexity index is 638. The lowest BCUT2D eigenvalue weighted by molar-refractivity contribution is 0.243. The van der Waals surface area contributed by atoms with Gasteiger partial charge in [0.25, 0.3) is 0 Å². The largest absolute Gasteiger partial charge is 0.379 e. The van der Waals surface area contributed by atoms with Crippen LogP contribution in [0.25, 0.3) is 10.2 Å². The highest BCUT2D eigenvalue weighted by Gasteiger charge is 2.20. The summed E-state index contributed by atoms with van der Waals surface area (Å²) in [5.41, 5.74) is 3.82. The van der Waals surface area contributed by atoms with Crippen LogP contribution in [0.2, 0.25) is 5.02 Å². The van der Waals surface area contributed by atoms with Crippen molar-refractivity contribution in [3.8, 4) is 12.3 Å². The van der Waals surface area contributed by atoms with Gasteiger partial charge >= 0.3 is 0 Å². The number of likely N-dealkylation sites (tertiary alicyclic amines) is 1. The molecule has 1 N–H and O–H groups in total. The number of terminal acetylenes is 1. The molecule has 20 heavy (non-hydrogen) atoms. The number of nitrogens with one attached hydrogen (secondary N) is 1. The average Bonchev–Trinajstić information content (AvgIpc) is 2.93. The van der Waals surface area contributed by atoms with Crippen LogP contribution in [0.15, 0.2) is 17.6 Å². The van der Waals surface area contributed by atoms with Gasteiger partial charge in [-0.25, -0.2) is 4.98 Å². The number of nitrogens with zero attached hydrogens (tertiary/aromatic N) is 2. The molecule has 2 aromatic rings. The number of fused-ring (bicyclic) bond motifs is 1. The van der Waals surface area contributed by atoms with Gasteiger partial charge in [0.1, 0.15) is 5.52 Å². The second kappa shape index (κ2) is 6.01. The fourth-order valence-electron chi connectivity index (χ4n) is 2.61. The lowest BCUT2D eigenvalue weighted by Crippen LogP contribution is -2.39. The number of anilines is 1. The van der Waals surface area contributed by atoms with Crippen molar-refractivity contribution in [3.05, 3.63) is 22.7 Å². The molecule has 0 unspecified atom stereocenters. The predicted molar refractivity (Wildman–Crippen MR) is 86.5 cm³/mol. The summed E-state index contributed by atoms with van der Waals surface area (Å²) in [7, 11) is 0. The summed E-state index contributed by atoms with van der Waals surface area (Å²) >= 11 is 7.96. The quantitative estimate of drug-likeness (QED) is 0.880. The van der Waals surface area contributed by atoms with Crippen LogP contribution in [0, 0.1) is 12.3 Å². The van der Waals surface area contributed by atoms with Crippen LogP contribution >= 0.6 is 22.9 Å². The Morgan fingerprint density at radius 2 is 2.25 bits per heavy atom. The van der Waals surface area contributed by atoms with Crippen molar-refractivity contribution < 1.29 is 0 Å². The second-order valence-corrected chi connectivity index (χ2v) is 6.31. The summed E-state index contributed by atoms with van der Waals surface area (Å²) in [5.74, 6) is 2.71. The molecule has 0 amide bonds. The Morgan fingerprint density at radius 1 is 1.45 bits per heavy atom. The molecule has 1 aromatic carbocycles. The number of piperidine rings is 1. The lowest BCUT2D eigenvalue weighted by atomic mass is 10.0. The minimum Gasteiger partial charge on any atom is -0.379 e. The molecule has 0 atom stereocenters. The third-order valence-electron chi connectivity index (χ3n) is 3.70. The van der Waals surface area contributed by atoms with Gasteiger partial charge in [0.15, 0.2) is 0 Å². The number of benzene rings is 1. The Balaban J connectivity index is 1.73. The van der Waals surface area contributed by atoms with Crippen LogP contribution in [0.4, 0.5) is 5.69 Å². The maximum Gasteiger partial charge on any atom is 0.106 e. The fraction of sp³-hybridized carbons (Fsp3) is 0.400. The number of rotatable bonds is 3. The van der Waals surface area contributed by atoms with Crippen molar-refractivity contribution >= 4 is 38.8 Å². The third-order valence-corrected chi connectivity index (χ3v) is 4.81. The number of aromatic nitrogens is 1. The summed E-state index contributed by atoms with van der Waals surface area (Å²) in [6.07, 6.45) is 7.52. The zero-order chi connectivity index (χ0) is 13.9. The summed E-state index contributed by atoms with van der Waals surface area (Å²) in [6.45, 7) is 2.81. The summed E-state index contributed by atoms with van der Waals surface area (Å²) in [6, 6.07) is 4.40. The van der Waals surface area contributed by atoms with Crippen molar-refractivity contribution in [1.29, 1.82) is 0 Å². The number of thiazole rings is 1. The van der Waals surface area contributed by atoms with Crippen LogP contribution < -0.4 is 5.32 Å². The van der Waals surface area contributed by atoms with E-state index in [1.54, 1.807) is 11.3 Å². The van der Waals surface area contributed by atoms with E-state index in [1.807, 2.05) is 17.6 Å². The molecule has 0 aliphatic carbocycles. The molecule has 0 bridgehead atoms. The topological polar surface area (TPSA) is 28.2 Å². The normalized spacial score (nSPS) is 17.2. The highest BCUT2D eigenvalue weighted by atomic mass is 35.5. The van der Waals surface area contributed by atoms with Gasteiger partial charge in [0, 0.05) is 19.1 Å². The van der Waals surface area contributed by atoms with Gasteiger partial charge in [0.05, 0.1) is 27.5 Å². The van der Waals surface area contributed by atoms with Crippen LogP contribution in [0.3, 0.4) is 0 Å². The Kier molecular flexibility index (Phi) is 4.11. The first-order valence-electron chi connectivity index (χ1n) is 6.72. The molecule has 104 valence electrons. The monoisotopic (exact) mass is 305 g/mol. The van der Waals surface area contributed by atoms with E-state index in [4.69, 9.17) is 18.0 Å². The van der Waals surface area contributed by atoms with E-state index in [0.29, 0.717) is 6.04 Å². The van der Waals surface area contributed by atoms with Crippen molar-refractivity contribution in [1.82, 2.24) is 9.88 Å². The highest BCUT2D eigenvalue weighted by Crippen LogP contribution is 2.33. The summed E-state index contributed by atoms with van der Waals surface area (Å²) in [4.78, 5) is 6.73. The van der Waals surface area contributed by atoms with Crippen molar-refractivity contribution in [3.63, 3.8) is 0 Å². The molecule has 0 spiro atoms.